The minimum absolute atomic E-state index is 0.182. The fraction of sp³-hybridized carbons (Fsp3) is 0.538. The molecule has 0 bridgehead atoms. The molecule has 3 heteroatoms. The van der Waals surface area contributed by atoms with Gasteiger partial charge in [-0.05, 0) is 36.6 Å². The van der Waals surface area contributed by atoms with E-state index in [1.54, 1.807) is 7.11 Å². The van der Waals surface area contributed by atoms with E-state index in [1.807, 2.05) is 12.1 Å². The van der Waals surface area contributed by atoms with Crippen LogP contribution in [0.3, 0.4) is 0 Å². The van der Waals surface area contributed by atoms with Gasteiger partial charge in [-0.15, -0.1) is 0 Å². The van der Waals surface area contributed by atoms with Gasteiger partial charge in [-0.25, -0.2) is 4.39 Å². The molecule has 2 nitrogen and oxygen atoms in total. The van der Waals surface area contributed by atoms with E-state index in [1.165, 1.54) is 12.1 Å². The lowest BCUT2D eigenvalue weighted by Gasteiger charge is -2.16. The summed E-state index contributed by atoms with van der Waals surface area (Å²) in [6, 6.07) is 6.69. The average molecular weight is 225 g/mol. The highest BCUT2D eigenvalue weighted by Crippen LogP contribution is 2.10. The van der Waals surface area contributed by atoms with E-state index in [-0.39, 0.29) is 5.82 Å². The Morgan fingerprint density at radius 3 is 2.56 bits per heavy atom. The van der Waals surface area contributed by atoms with Crippen molar-refractivity contribution in [1.82, 2.24) is 5.32 Å². The van der Waals surface area contributed by atoms with Crippen molar-refractivity contribution in [2.75, 3.05) is 26.8 Å². The molecule has 90 valence electrons. The fourth-order valence-corrected chi connectivity index (χ4v) is 1.73. The van der Waals surface area contributed by atoms with Crippen molar-refractivity contribution < 1.29 is 9.13 Å². The van der Waals surface area contributed by atoms with Gasteiger partial charge in [0.05, 0.1) is 6.61 Å². The average Bonchev–Trinajstić information content (AvgIpc) is 2.29. The van der Waals surface area contributed by atoms with Gasteiger partial charge < -0.3 is 10.1 Å². The maximum absolute atomic E-state index is 12.7. The van der Waals surface area contributed by atoms with Crippen LogP contribution in [0.5, 0.6) is 0 Å². The van der Waals surface area contributed by atoms with Crippen molar-refractivity contribution in [2.24, 2.45) is 5.92 Å². The molecule has 1 atom stereocenters. The van der Waals surface area contributed by atoms with Gasteiger partial charge in [0.15, 0.2) is 0 Å². The largest absolute Gasteiger partial charge is 0.384 e. The van der Waals surface area contributed by atoms with Crippen molar-refractivity contribution in [3.63, 3.8) is 0 Å². The summed E-state index contributed by atoms with van der Waals surface area (Å²) in [6.07, 6.45) is 0.918. The molecule has 1 unspecified atom stereocenters. The lowest BCUT2D eigenvalue weighted by atomic mass is 10.00. The smallest absolute Gasteiger partial charge is 0.123 e. The summed E-state index contributed by atoms with van der Waals surface area (Å²) < 4.78 is 17.9. The van der Waals surface area contributed by atoms with E-state index in [2.05, 4.69) is 12.2 Å². The van der Waals surface area contributed by atoms with Crippen LogP contribution in [0.1, 0.15) is 12.5 Å². The standard InChI is InChI=1S/C13H20FNO/c1-3-15-9-12(10-16-2)8-11-4-6-13(14)7-5-11/h4-7,12,15H,3,8-10H2,1-2H3. The van der Waals surface area contributed by atoms with Crippen molar-refractivity contribution in [1.29, 1.82) is 0 Å². The molecule has 1 N–H and O–H groups in total. The molecule has 0 aromatic heterocycles. The summed E-state index contributed by atoms with van der Waals surface area (Å²) in [7, 11) is 1.71. The second-order valence-electron chi connectivity index (χ2n) is 3.96. The van der Waals surface area contributed by atoms with Gasteiger partial charge in [-0.2, -0.15) is 0 Å². The Morgan fingerprint density at radius 1 is 1.31 bits per heavy atom. The Labute approximate surface area is 96.8 Å². The zero-order chi connectivity index (χ0) is 11.8. The number of hydrogen-bond acceptors (Lipinski definition) is 2. The monoisotopic (exact) mass is 225 g/mol. The van der Waals surface area contributed by atoms with Crippen molar-refractivity contribution >= 4 is 0 Å². The Balaban J connectivity index is 2.49. The Hall–Kier alpha value is -0.930. The molecule has 0 saturated carbocycles. The highest BCUT2D eigenvalue weighted by atomic mass is 19.1. The van der Waals surface area contributed by atoms with Crippen LogP contribution < -0.4 is 5.32 Å². The van der Waals surface area contributed by atoms with Gasteiger partial charge in [0.25, 0.3) is 0 Å². The van der Waals surface area contributed by atoms with Gasteiger partial charge in [-0.3, -0.25) is 0 Å². The molecule has 0 aliphatic rings. The van der Waals surface area contributed by atoms with Gasteiger partial charge in [0.1, 0.15) is 5.82 Å². The number of ether oxygens (including phenoxy) is 1. The molecule has 0 radical (unpaired) electrons. The number of methoxy groups -OCH3 is 1. The van der Waals surface area contributed by atoms with Crippen LogP contribution in [-0.2, 0) is 11.2 Å². The highest BCUT2D eigenvalue weighted by molar-refractivity contribution is 5.16. The summed E-state index contributed by atoms with van der Waals surface area (Å²) in [5, 5.41) is 3.31. The van der Waals surface area contributed by atoms with Gasteiger partial charge in [-0.1, -0.05) is 19.1 Å². The van der Waals surface area contributed by atoms with Crippen molar-refractivity contribution in [3.05, 3.63) is 35.6 Å². The summed E-state index contributed by atoms with van der Waals surface area (Å²) in [5.41, 5.74) is 1.15. The SMILES string of the molecule is CCNCC(COC)Cc1ccc(F)cc1. The van der Waals surface area contributed by atoms with Crippen LogP contribution >= 0.6 is 0 Å². The fourth-order valence-electron chi connectivity index (χ4n) is 1.73. The number of benzene rings is 1. The lowest BCUT2D eigenvalue weighted by Crippen LogP contribution is -2.27. The van der Waals surface area contributed by atoms with E-state index in [0.29, 0.717) is 5.92 Å². The number of hydrogen-bond donors (Lipinski definition) is 1. The number of nitrogens with one attached hydrogen (secondary N) is 1. The van der Waals surface area contributed by atoms with Crippen LogP contribution in [0.4, 0.5) is 4.39 Å². The molecular formula is C13H20FNO. The molecule has 0 aliphatic heterocycles. The van der Waals surface area contributed by atoms with E-state index < -0.39 is 0 Å². The van der Waals surface area contributed by atoms with E-state index in [0.717, 1.165) is 31.7 Å². The molecule has 0 fully saturated rings. The lowest BCUT2D eigenvalue weighted by molar-refractivity contribution is 0.151. The topological polar surface area (TPSA) is 21.3 Å². The number of rotatable bonds is 7. The molecule has 0 heterocycles. The first-order valence-electron chi connectivity index (χ1n) is 5.70. The quantitative estimate of drug-likeness (QED) is 0.768. The third-order valence-corrected chi connectivity index (χ3v) is 2.52. The minimum atomic E-state index is -0.182. The minimum Gasteiger partial charge on any atom is -0.384 e. The van der Waals surface area contributed by atoms with Crippen molar-refractivity contribution in [3.8, 4) is 0 Å². The van der Waals surface area contributed by atoms with E-state index in [9.17, 15) is 4.39 Å². The molecular weight excluding hydrogens is 205 g/mol. The van der Waals surface area contributed by atoms with Crippen LogP contribution in [-0.4, -0.2) is 26.8 Å². The van der Waals surface area contributed by atoms with Crippen LogP contribution in [0.15, 0.2) is 24.3 Å². The highest BCUT2D eigenvalue weighted by Gasteiger charge is 2.08. The summed E-state index contributed by atoms with van der Waals surface area (Å²) in [5.74, 6) is 0.258. The summed E-state index contributed by atoms with van der Waals surface area (Å²) in [4.78, 5) is 0. The maximum atomic E-state index is 12.7. The van der Waals surface area contributed by atoms with Crippen LogP contribution in [0, 0.1) is 11.7 Å². The Morgan fingerprint density at radius 2 is 2.00 bits per heavy atom. The predicted octanol–water partition coefficient (Wildman–Crippen LogP) is 2.24. The van der Waals surface area contributed by atoms with Gasteiger partial charge in [0.2, 0.25) is 0 Å². The second kappa shape index (κ2) is 7.36. The van der Waals surface area contributed by atoms with Gasteiger partial charge >= 0.3 is 0 Å². The summed E-state index contributed by atoms with van der Waals surface area (Å²) in [6.45, 7) is 4.71. The molecule has 1 rings (SSSR count). The third kappa shape index (κ3) is 4.73. The first kappa shape index (κ1) is 13.1. The molecule has 0 saturated heterocycles. The molecule has 0 aliphatic carbocycles. The van der Waals surface area contributed by atoms with Crippen LogP contribution in [0.25, 0.3) is 0 Å². The normalized spacial score (nSPS) is 12.7. The Bertz CT molecular complexity index is 286. The van der Waals surface area contributed by atoms with Gasteiger partial charge in [0, 0.05) is 13.7 Å². The van der Waals surface area contributed by atoms with E-state index in [4.69, 9.17) is 4.74 Å². The molecule has 0 amide bonds. The molecule has 0 spiro atoms. The third-order valence-electron chi connectivity index (χ3n) is 2.52. The zero-order valence-corrected chi connectivity index (χ0v) is 10.0. The second-order valence-corrected chi connectivity index (χ2v) is 3.96. The van der Waals surface area contributed by atoms with E-state index >= 15 is 0 Å². The molecule has 16 heavy (non-hydrogen) atoms. The number of halogens is 1. The first-order valence-corrected chi connectivity index (χ1v) is 5.70. The summed E-state index contributed by atoms with van der Waals surface area (Å²) >= 11 is 0. The first-order chi connectivity index (χ1) is 7.76. The molecule has 1 aromatic rings. The predicted molar refractivity (Wildman–Crippen MR) is 64.0 cm³/mol. The van der Waals surface area contributed by atoms with Crippen LogP contribution in [0.2, 0.25) is 0 Å². The zero-order valence-electron chi connectivity index (χ0n) is 10.0. The van der Waals surface area contributed by atoms with Crippen molar-refractivity contribution in [2.45, 2.75) is 13.3 Å². The Kier molecular flexibility index (Phi) is 6.04. The molecule has 1 aromatic carbocycles. The maximum Gasteiger partial charge on any atom is 0.123 e.